The number of pyridine rings is 1. The topological polar surface area (TPSA) is 74.8 Å². The van der Waals surface area contributed by atoms with Crippen molar-refractivity contribution in [3.63, 3.8) is 0 Å². The zero-order chi connectivity index (χ0) is 11.9. The van der Waals surface area contributed by atoms with Crippen LogP contribution in [0, 0.1) is 0 Å². The lowest BCUT2D eigenvalue weighted by Gasteiger charge is -2.17. The minimum absolute atomic E-state index is 0.109. The summed E-state index contributed by atoms with van der Waals surface area (Å²) in [5.41, 5.74) is 0.355. The monoisotopic (exact) mass is 220 g/mol. The highest BCUT2D eigenvalue weighted by atomic mass is 16.4. The molecule has 2 heterocycles. The molecule has 0 saturated carbocycles. The first-order valence-electron chi connectivity index (χ1n) is 4.83. The Hall–Kier alpha value is -1.88. The standard InChI is InChI=1S/C11H12N2O3/c1-11(2,16)7-3-4-13-8(10(14)15)6-12-9(13)5-7/h3-6,16H,1-2H3,(H,14,15). The summed E-state index contributed by atoms with van der Waals surface area (Å²) in [6.45, 7) is 3.33. The Labute approximate surface area is 92.0 Å². The van der Waals surface area contributed by atoms with Crippen molar-refractivity contribution in [3.05, 3.63) is 35.8 Å². The molecule has 2 aromatic heterocycles. The number of aromatic nitrogens is 2. The number of carbonyl (C=O) groups is 1. The fourth-order valence-electron chi connectivity index (χ4n) is 1.52. The highest BCUT2D eigenvalue weighted by Crippen LogP contribution is 2.21. The van der Waals surface area contributed by atoms with Gasteiger partial charge in [0.2, 0.25) is 0 Å². The second kappa shape index (κ2) is 3.31. The summed E-state index contributed by atoms with van der Waals surface area (Å²) in [6, 6.07) is 3.35. The fraction of sp³-hybridized carbons (Fsp3) is 0.273. The van der Waals surface area contributed by atoms with Gasteiger partial charge in [0.1, 0.15) is 5.65 Å². The van der Waals surface area contributed by atoms with Crippen molar-refractivity contribution < 1.29 is 15.0 Å². The average Bonchev–Trinajstić information content (AvgIpc) is 2.58. The second-order valence-corrected chi connectivity index (χ2v) is 4.15. The molecule has 0 aliphatic rings. The van der Waals surface area contributed by atoms with Crippen LogP contribution in [0.2, 0.25) is 0 Å². The quantitative estimate of drug-likeness (QED) is 0.799. The van der Waals surface area contributed by atoms with E-state index in [9.17, 15) is 9.90 Å². The van der Waals surface area contributed by atoms with Crippen LogP contribution in [0.4, 0.5) is 0 Å². The van der Waals surface area contributed by atoms with Gasteiger partial charge in [0, 0.05) is 6.20 Å². The van der Waals surface area contributed by atoms with Crippen molar-refractivity contribution in [2.24, 2.45) is 0 Å². The molecule has 0 fully saturated rings. The van der Waals surface area contributed by atoms with E-state index >= 15 is 0 Å². The summed E-state index contributed by atoms with van der Waals surface area (Å²) < 4.78 is 1.47. The minimum Gasteiger partial charge on any atom is -0.477 e. The summed E-state index contributed by atoms with van der Waals surface area (Å²) in [4.78, 5) is 14.8. The Morgan fingerprint density at radius 2 is 2.19 bits per heavy atom. The van der Waals surface area contributed by atoms with Crippen LogP contribution in [0.3, 0.4) is 0 Å². The van der Waals surface area contributed by atoms with Gasteiger partial charge in [-0.15, -0.1) is 0 Å². The van der Waals surface area contributed by atoms with Gasteiger partial charge in [-0.1, -0.05) is 0 Å². The molecule has 0 unspecified atom stereocenters. The lowest BCUT2D eigenvalue weighted by Crippen LogP contribution is -2.15. The van der Waals surface area contributed by atoms with E-state index in [-0.39, 0.29) is 5.69 Å². The van der Waals surface area contributed by atoms with Crippen molar-refractivity contribution >= 4 is 11.6 Å². The number of fused-ring (bicyclic) bond motifs is 1. The molecule has 16 heavy (non-hydrogen) atoms. The summed E-state index contributed by atoms with van der Waals surface area (Å²) in [5.74, 6) is -1.02. The van der Waals surface area contributed by atoms with Gasteiger partial charge in [-0.25, -0.2) is 9.78 Å². The van der Waals surface area contributed by atoms with Crippen molar-refractivity contribution in [2.45, 2.75) is 19.4 Å². The average molecular weight is 220 g/mol. The van der Waals surface area contributed by atoms with E-state index in [2.05, 4.69) is 4.98 Å². The van der Waals surface area contributed by atoms with Crippen LogP contribution in [0.1, 0.15) is 29.9 Å². The minimum atomic E-state index is -1.02. The van der Waals surface area contributed by atoms with Crippen LogP contribution in [0.5, 0.6) is 0 Å². The number of carboxylic acids is 1. The molecule has 0 saturated heterocycles. The van der Waals surface area contributed by atoms with Crippen LogP contribution in [-0.4, -0.2) is 25.6 Å². The number of imidazole rings is 1. The molecule has 84 valence electrons. The molecule has 5 nitrogen and oxygen atoms in total. The molecule has 2 rings (SSSR count). The predicted molar refractivity (Wildman–Crippen MR) is 57.4 cm³/mol. The molecule has 0 amide bonds. The van der Waals surface area contributed by atoms with Crippen LogP contribution in [-0.2, 0) is 5.60 Å². The first-order valence-corrected chi connectivity index (χ1v) is 4.83. The maximum Gasteiger partial charge on any atom is 0.354 e. The van der Waals surface area contributed by atoms with Gasteiger partial charge in [-0.2, -0.15) is 0 Å². The molecule has 0 atom stereocenters. The third-order valence-corrected chi connectivity index (χ3v) is 2.44. The summed E-state index contributed by atoms with van der Waals surface area (Å²) in [7, 11) is 0. The number of carboxylic acid groups (broad SMARTS) is 1. The summed E-state index contributed by atoms with van der Waals surface area (Å²) in [5, 5.41) is 18.7. The smallest absolute Gasteiger partial charge is 0.354 e. The number of aliphatic hydroxyl groups is 1. The molecule has 0 radical (unpaired) electrons. The SMILES string of the molecule is CC(C)(O)c1ccn2c(C(=O)O)cnc2c1. The van der Waals surface area contributed by atoms with Crippen LogP contribution in [0.15, 0.2) is 24.5 Å². The fourth-order valence-corrected chi connectivity index (χ4v) is 1.52. The van der Waals surface area contributed by atoms with E-state index in [1.54, 1.807) is 32.2 Å². The molecule has 0 aromatic carbocycles. The molecular weight excluding hydrogens is 208 g/mol. The molecule has 0 aliphatic heterocycles. The molecule has 2 N–H and O–H groups in total. The Morgan fingerprint density at radius 1 is 1.50 bits per heavy atom. The van der Waals surface area contributed by atoms with Crippen LogP contribution in [0.25, 0.3) is 5.65 Å². The molecule has 2 aromatic rings. The lowest BCUT2D eigenvalue weighted by molar-refractivity contribution is 0.0689. The van der Waals surface area contributed by atoms with E-state index in [1.807, 2.05) is 0 Å². The molecular formula is C11H12N2O3. The van der Waals surface area contributed by atoms with Crippen LogP contribution >= 0.6 is 0 Å². The highest BCUT2D eigenvalue weighted by molar-refractivity contribution is 5.86. The largest absolute Gasteiger partial charge is 0.477 e. The van der Waals surface area contributed by atoms with Gasteiger partial charge in [0.15, 0.2) is 5.69 Å². The lowest BCUT2D eigenvalue weighted by atomic mass is 10.00. The number of nitrogens with zero attached hydrogens (tertiary/aromatic N) is 2. The molecule has 0 aliphatic carbocycles. The van der Waals surface area contributed by atoms with Gasteiger partial charge >= 0.3 is 5.97 Å². The summed E-state index contributed by atoms with van der Waals surface area (Å²) >= 11 is 0. The van der Waals surface area contributed by atoms with Crippen molar-refractivity contribution in [2.75, 3.05) is 0 Å². The first-order chi connectivity index (χ1) is 7.39. The maximum absolute atomic E-state index is 10.8. The van der Waals surface area contributed by atoms with E-state index in [0.29, 0.717) is 11.2 Å². The van der Waals surface area contributed by atoms with Gasteiger partial charge in [-0.05, 0) is 31.5 Å². The van der Waals surface area contributed by atoms with Gasteiger partial charge in [0.05, 0.1) is 11.8 Å². The Morgan fingerprint density at radius 3 is 2.75 bits per heavy atom. The number of hydrogen-bond donors (Lipinski definition) is 2. The number of aromatic carboxylic acids is 1. The predicted octanol–water partition coefficient (Wildman–Crippen LogP) is 1.26. The Bertz CT molecular complexity index is 552. The zero-order valence-electron chi connectivity index (χ0n) is 9.01. The third-order valence-electron chi connectivity index (χ3n) is 2.44. The highest BCUT2D eigenvalue weighted by Gasteiger charge is 2.18. The normalized spacial score (nSPS) is 11.9. The molecule has 5 heteroatoms. The van der Waals surface area contributed by atoms with E-state index < -0.39 is 11.6 Å². The Kier molecular flexibility index (Phi) is 2.20. The van der Waals surface area contributed by atoms with E-state index in [1.165, 1.54) is 10.6 Å². The van der Waals surface area contributed by atoms with Crippen molar-refractivity contribution in [1.82, 2.24) is 9.38 Å². The number of hydrogen-bond acceptors (Lipinski definition) is 3. The maximum atomic E-state index is 10.8. The van der Waals surface area contributed by atoms with Crippen LogP contribution < -0.4 is 0 Å². The number of rotatable bonds is 2. The van der Waals surface area contributed by atoms with Crippen molar-refractivity contribution in [3.8, 4) is 0 Å². The van der Waals surface area contributed by atoms with Gasteiger partial charge in [0.25, 0.3) is 0 Å². The summed E-state index contributed by atoms with van der Waals surface area (Å²) in [6.07, 6.45) is 2.89. The molecule has 0 bridgehead atoms. The third kappa shape index (κ3) is 1.65. The Balaban J connectivity index is 2.62. The molecule has 0 spiro atoms. The zero-order valence-corrected chi connectivity index (χ0v) is 9.01. The van der Waals surface area contributed by atoms with E-state index in [4.69, 9.17) is 5.11 Å². The van der Waals surface area contributed by atoms with Gasteiger partial charge in [-0.3, -0.25) is 4.40 Å². The van der Waals surface area contributed by atoms with Gasteiger partial charge < -0.3 is 10.2 Å². The van der Waals surface area contributed by atoms with E-state index in [0.717, 1.165) is 0 Å². The second-order valence-electron chi connectivity index (χ2n) is 4.15. The first kappa shape index (κ1) is 10.6. The van der Waals surface area contributed by atoms with Crippen molar-refractivity contribution in [1.29, 1.82) is 0 Å².